The van der Waals surface area contributed by atoms with Crippen LogP contribution in [0, 0.1) is 0 Å². The van der Waals surface area contributed by atoms with Crippen molar-refractivity contribution in [2.24, 2.45) is 0 Å². The first-order chi connectivity index (χ1) is 6.52. The van der Waals surface area contributed by atoms with Gasteiger partial charge in [0.2, 0.25) is 0 Å². The predicted octanol–water partition coefficient (Wildman–Crippen LogP) is 0.462. The topological polar surface area (TPSA) is 69.7 Å². The van der Waals surface area contributed by atoms with Gasteiger partial charge in [-0.05, 0) is 0 Å². The maximum absolute atomic E-state index is 11.0. The van der Waals surface area contributed by atoms with Crippen LogP contribution in [0.25, 0.3) is 0 Å². The first kappa shape index (κ1) is 12.6. The minimum absolute atomic E-state index is 0.0903. The molecule has 0 saturated carbocycles. The summed E-state index contributed by atoms with van der Waals surface area (Å²) in [4.78, 5) is 31.7. The SMILES string of the molecule is CC(=O)OCCC(=O)CCOC(C)=O. The average Bonchev–Trinajstić information content (AvgIpc) is 2.02. The maximum atomic E-state index is 11.0. The number of carbonyl (C=O) groups is 3. The van der Waals surface area contributed by atoms with E-state index in [2.05, 4.69) is 9.47 Å². The molecule has 0 unspecified atom stereocenters. The standard InChI is InChI=1S/C9H14O5/c1-7(10)13-5-3-9(12)4-6-14-8(2)11/h3-6H2,1-2H3. The van der Waals surface area contributed by atoms with Crippen LogP contribution < -0.4 is 0 Å². The summed E-state index contributed by atoms with van der Waals surface area (Å²) in [5, 5.41) is 0. The molecule has 80 valence electrons. The molecular weight excluding hydrogens is 188 g/mol. The molecule has 0 bridgehead atoms. The highest BCUT2D eigenvalue weighted by molar-refractivity contribution is 5.79. The van der Waals surface area contributed by atoms with Gasteiger partial charge in [-0.25, -0.2) is 0 Å². The van der Waals surface area contributed by atoms with Gasteiger partial charge < -0.3 is 9.47 Å². The number of ether oxygens (including phenoxy) is 2. The Bertz CT molecular complexity index is 199. The van der Waals surface area contributed by atoms with Crippen LogP contribution in [0.4, 0.5) is 0 Å². The van der Waals surface area contributed by atoms with E-state index in [1.54, 1.807) is 0 Å². The highest BCUT2D eigenvalue weighted by Gasteiger charge is 2.04. The lowest BCUT2D eigenvalue weighted by molar-refractivity contribution is -0.141. The zero-order valence-corrected chi connectivity index (χ0v) is 8.37. The first-order valence-electron chi connectivity index (χ1n) is 4.31. The third-order valence-corrected chi connectivity index (χ3v) is 1.37. The van der Waals surface area contributed by atoms with Gasteiger partial charge in [-0.3, -0.25) is 14.4 Å². The Morgan fingerprint density at radius 3 is 1.50 bits per heavy atom. The van der Waals surface area contributed by atoms with Crippen molar-refractivity contribution >= 4 is 17.7 Å². The monoisotopic (exact) mass is 202 g/mol. The molecule has 0 rings (SSSR count). The molecule has 0 N–H and O–H groups in total. The van der Waals surface area contributed by atoms with Gasteiger partial charge in [0.25, 0.3) is 0 Å². The fourth-order valence-electron chi connectivity index (χ4n) is 0.742. The summed E-state index contributed by atoms with van der Waals surface area (Å²) in [5.74, 6) is -0.900. The Hall–Kier alpha value is -1.39. The lowest BCUT2D eigenvalue weighted by atomic mass is 10.2. The largest absolute Gasteiger partial charge is 0.465 e. The third-order valence-electron chi connectivity index (χ3n) is 1.37. The number of ketones is 1. The fraction of sp³-hybridized carbons (Fsp3) is 0.667. The molecule has 0 amide bonds. The second kappa shape index (κ2) is 7.06. The summed E-state index contributed by atoms with van der Waals surface area (Å²) in [5.41, 5.74) is 0. The number of hydrogen-bond donors (Lipinski definition) is 0. The van der Waals surface area contributed by atoms with Gasteiger partial charge in [0, 0.05) is 26.7 Å². The second-order valence-electron chi connectivity index (χ2n) is 2.72. The molecule has 0 aromatic carbocycles. The third kappa shape index (κ3) is 8.70. The number of carbonyl (C=O) groups excluding carboxylic acids is 3. The summed E-state index contributed by atoms with van der Waals surface area (Å²) >= 11 is 0. The Labute approximate surface area is 82.4 Å². The first-order valence-corrected chi connectivity index (χ1v) is 4.31. The lowest BCUT2D eigenvalue weighted by Gasteiger charge is -2.02. The van der Waals surface area contributed by atoms with E-state index in [4.69, 9.17) is 0 Å². The summed E-state index contributed by atoms with van der Waals surface area (Å²) in [6.45, 7) is 2.75. The summed E-state index contributed by atoms with van der Waals surface area (Å²) in [6, 6.07) is 0. The van der Waals surface area contributed by atoms with Gasteiger partial charge in [0.05, 0.1) is 13.2 Å². The molecule has 5 heteroatoms. The van der Waals surface area contributed by atoms with Gasteiger partial charge in [-0.2, -0.15) is 0 Å². The van der Waals surface area contributed by atoms with Crippen LogP contribution in [0.15, 0.2) is 0 Å². The maximum Gasteiger partial charge on any atom is 0.302 e. The highest BCUT2D eigenvalue weighted by atomic mass is 16.5. The predicted molar refractivity (Wildman–Crippen MR) is 47.5 cm³/mol. The molecule has 0 aromatic heterocycles. The van der Waals surface area contributed by atoms with Crippen molar-refractivity contribution in [3.8, 4) is 0 Å². The van der Waals surface area contributed by atoms with Crippen molar-refractivity contribution < 1.29 is 23.9 Å². The fourth-order valence-corrected chi connectivity index (χ4v) is 0.742. The molecule has 0 aliphatic rings. The molecule has 0 radical (unpaired) electrons. The molecule has 5 nitrogen and oxygen atoms in total. The minimum Gasteiger partial charge on any atom is -0.465 e. The van der Waals surface area contributed by atoms with Gasteiger partial charge in [-0.1, -0.05) is 0 Å². The van der Waals surface area contributed by atoms with Crippen molar-refractivity contribution in [2.45, 2.75) is 26.7 Å². The van der Waals surface area contributed by atoms with Crippen molar-refractivity contribution in [3.05, 3.63) is 0 Å². The van der Waals surface area contributed by atoms with Crippen LogP contribution in [0.5, 0.6) is 0 Å². The Morgan fingerprint density at radius 1 is 0.857 bits per heavy atom. The van der Waals surface area contributed by atoms with Crippen LogP contribution in [-0.2, 0) is 23.9 Å². The van der Waals surface area contributed by atoms with E-state index in [0.717, 1.165) is 0 Å². The van der Waals surface area contributed by atoms with Crippen LogP contribution in [0.3, 0.4) is 0 Å². The Kier molecular flexibility index (Phi) is 6.36. The quantitative estimate of drug-likeness (QED) is 0.585. The van der Waals surface area contributed by atoms with Crippen molar-refractivity contribution in [1.82, 2.24) is 0 Å². The van der Waals surface area contributed by atoms with Crippen LogP contribution in [-0.4, -0.2) is 30.9 Å². The summed E-state index contributed by atoms with van der Waals surface area (Å²) in [6.07, 6.45) is 0.335. The number of Topliss-reactive ketones (excluding diaryl/α,β-unsaturated/α-hetero) is 1. The van der Waals surface area contributed by atoms with Crippen molar-refractivity contribution in [1.29, 1.82) is 0 Å². The smallest absolute Gasteiger partial charge is 0.302 e. The van der Waals surface area contributed by atoms with Gasteiger partial charge in [-0.15, -0.1) is 0 Å². The highest BCUT2D eigenvalue weighted by Crippen LogP contribution is 1.93. The van der Waals surface area contributed by atoms with Crippen LogP contribution in [0.2, 0.25) is 0 Å². The second-order valence-corrected chi connectivity index (χ2v) is 2.72. The van der Waals surface area contributed by atoms with Crippen LogP contribution in [0.1, 0.15) is 26.7 Å². The number of hydrogen-bond acceptors (Lipinski definition) is 5. The van der Waals surface area contributed by atoms with E-state index < -0.39 is 11.9 Å². The molecule has 0 atom stereocenters. The summed E-state index contributed by atoms with van der Waals surface area (Å²) < 4.78 is 9.14. The average molecular weight is 202 g/mol. The molecule has 0 aromatic rings. The Morgan fingerprint density at radius 2 is 1.21 bits per heavy atom. The number of esters is 2. The summed E-state index contributed by atoms with van der Waals surface area (Å²) in [7, 11) is 0. The van der Waals surface area contributed by atoms with Gasteiger partial charge >= 0.3 is 11.9 Å². The van der Waals surface area contributed by atoms with E-state index in [1.807, 2.05) is 0 Å². The molecule has 0 spiro atoms. The van der Waals surface area contributed by atoms with Gasteiger partial charge in [0.15, 0.2) is 0 Å². The van der Waals surface area contributed by atoms with E-state index >= 15 is 0 Å². The van der Waals surface area contributed by atoms with E-state index in [9.17, 15) is 14.4 Å². The van der Waals surface area contributed by atoms with E-state index in [-0.39, 0.29) is 31.8 Å². The van der Waals surface area contributed by atoms with Crippen molar-refractivity contribution in [2.75, 3.05) is 13.2 Å². The zero-order chi connectivity index (χ0) is 11.0. The molecule has 0 heterocycles. The molecular formula is C9H14O5. The molecule has 0 aliphatic carbocycles. The van der Waals surface area contributed by atoms with E-state index in [0.29, 0.717) is 0 Å². The van der Waals surface area contributed by atoms with E-state index in [1.165, 1.54) is 13.8 Å². The molecule has 14 heavy (non-hydrogen) atoms. The van der Waals surface area contributed by atoms with Gasteiger partial charge in [0.1, 0.15) is 5.78 Å². The Balaban J connectivity index is 3.37. The zero-order valence-electron chi connectivity index (χ0n) is 8.37. The molecule has 0 fully saturated rings. The van der Waals surface area contributed by atoms with Crippen LogP contribution >= 0.6 is 0 Å². The molecule has 0 aliphatic heterocycles. The number of rotatable bonds is 6. The van der Waals surface area contributed by atoms with Crippen molar-refractivity contribution in [3.63, 3.8) is 0 Å². The lowest BCUT2D eigenvalue weighted by Crippen LogP contribution is -2.10. The minimum atomic E-state index is -0.405. The molecule has 0 saturated heterocycles. The normalized spacial score (nSPS) is 9.29.